The van der Waals surface area contributed by atoms with Crippen molar-refractivity contribution in [2.75, 3.05) is 10.6 Å². The molecule has 3 atom stereocenters. The molecule has 0 aromatic heterocycles. The minimum absolute atomic E-state index is 0.420. The van der Waals surface area contributed by atoms with Crippen molar-refractivity contribution in [1.29, 1.82) is 0 Å². The maximum Gasteiger partial charge on any atom is 0.412 e. The number of hydrogen-bond donors (Lipinski definition) is 2. The van der Waals surface area contributed by atoms with Gasteiger partial charge in [0.05, 0.1) is 11.4 Å². The lowest BCUT2D eigenvalue weighted by molar-refractivity contribution is 0.0636. The van der Waals surface area contributed by atoms with Gasteiger partial charge in [-0.1, -0.05) is 38.8 Å². The summed E-state index contributed by atoms with van der Waals surface area (Å²) in [5.41, 5.74) is 1.23. The van der Waals surface area contributed by atoms with Gasteiger partial charge in [0.15, 0.2) is 0 Å². The molecule has 4 heteroatoms. The first kappa shape index (κ1) is 17.6. The zero-order valence-corrected chi connectivity index (χ0v) is 15.0. The van der Waals surface area contributed by atoms with E-state index in [0.717, 1.165) is 17.3 Å². The molecular weight excluding hydrogens is 288 g/mol. The molecule has 0 saturated heterocycles. The second kappa shape index (κ2) is 7.24. The predicted octanol–water partition coefficient (Wildman–Crippen LogP) is 5.27. The average Bonchev–Trinajstić information content (AvgIpc) is 2.44. The van der Waals surface area contributed by atoms with Gasteiger partial charge < -0.3 is 10.1 Å². The maximum atomic E-state index is 12.0. The van der Waals surface area contributed by atoms with Crippen LogP contribution < -0.4 is 10.6 Å². The highest BCUT2D eigenvalue weighted by Gasteiger charge is 2.27. The summed E-state index contributed by atoms with van der Waals surface area (Å²) >= 11 is 0. The van der Waals surface area contributed by atoms with Crippen LogP contribution in [0.15, 0.2) is 24.3 Å². The van der Waals surface area contributed by atoms with E-state index in [1.54, 1.807) is 0 Å². The Kier molecular flexibility index (Phi) is 5.55. The van der Waals surface area contributed by atoms with Crippen LogP contribution in [-0.4, -0.2) is 17.7 Å². The van der Waals surface area contributed by atoms with Crippen LogP contribution in [0.3, 0.4) is 0 Å². The molecule has 23 heavy (non-hydrogen) atoms. The van der Waals surface area contributed by atoms with E-state index in [9.17, 15) is 4.79 Å². The van der Waals surface area contributed by atoms with Crippen LogP contribution in [0, 0.1) is 11.8 Å². The third-order valence-electron chi connectivity index (χ3n) is 4.61. The summed E-state index contributed by atoms with van der Waals surface area (Å²) in [4.78, 5) is 12.0. The van der Waals surface area contributed by atoms with Gasteiger partial charge in [0.25, 0.3) is 0 Å². The first-order valence-corrected chi connectivity index (χ1v) is 8.62. The lowest BCUT2D eigenvalue weighted by Gasteiger charge is -2.35. The van der Waals surface area contributed by atoms with Crippen LogP contribution in [-0.2, 0) is 4.74 Å². The average molecular weight is 318 g/mol. The fourth-order valence-electron chi connectivity index (χ4n) is 3.12. The number of amides is 1. The fourth-order valence-corrected chi connectivity index (χ4v) is 3.12. The number of rotatable bonds is 3. The molecule has 0 bridgehead atoms. The van der Waals surface area contributed by atoms with E-state index >= 15 is 0 Å². The SMILES string of the molecule is CC1CCCC(Nc2ccccc2NC(=O)OC(C)(C)C)C1C. The summed E-state index contributed by atoms with van der Waals surface area (Å²) < 4.78 is 5.35. The van der Waals surface area contributed by atoms with Crippen LogP contribution in [0.5, 0.6) is 0 Å². The Hall–Kier alpha value is -1.71. The van der Waals surface area contributed by atoms with Crippen LogP contribution >= 0.6 is 0 Å². The summed E-state index contributed by atoms with van der Waals surface area (Å²) in [5, 5.41) is 6.49. The van der Waals surface area contributed by atoms with Gasteiger partial charge in [-0.2, -0.15) is 0 Å². The van der Waals surface area contributed by atoms with Crippen molar-refractivity contribution in [3.05, 3.63) is 24.3 Å². The molecule has 0 spiro atoms. The lowest BCUT2D eigenvalue weighted by Crippen LogP contribution is -2.35. The normalized spacial score (nSPS) is 24.8. The molecule has 0 heterocycles. The zero-order valence-electron chi connectivity index (χ0n) is 15.0. The van der Waals surface area contributed by atoms with E-state index in [4.69, 9.17) is 4.74 Å². The summed E-state index contributed by atoms with van der Waals surface area (Å²) in [7, 11) is 0. The van der Waals surface area contributed by atoms with E-state index in [1.165, 1.54) is 19.3 Å². The molecule has 1 saturated carbocycles. The molecule has 0 radical (unpaired) electrons. The van der Waals surface area contributed by atoms with Gasteiger partial charge in [-0.25, -0.2) is 4.79 Å². The van der Waals surface area contributed by atoms with Crippen molar-refractivity contribution in [3.8, 4) is 0 Å². The Morgan fingerprint density at radius 1 is 1.13 bits per heavy atom. The molecular formula is C19H30N2O2. The highest BCUT2D eigenvalue weighted by atomic mass is 16.6. The van der Waals surface area contributed by atoms with Crippen molar-refractivity contribution in [3.63, 3.8) is 0 Å². The standard InChI is InChI=1S/C19H30N2O2/c1-13-9-8-12-15(14(13)2)20-16-10-6-7-11-17(16)21-18(22)23-19(3,4)5/h6-7,10-11,13-15,20H,8-9,12H2,1-5H3,(H,21,22). The third-order valence-corrected chi connectivity index (χ3v) is 4.61. The minimum Gasteiger partial charge on any atom is -0.444 e. The highest BCUT2D eigenvalue weighted by Crippen LogP contribution is 2.33. The van der Waals surface area contributed by atoms with Crippen LogP contribution in [0.2, 0.25) is 0 Å². The van der Waals surface area contributed by atoms with Gasteiger partial charge in [0.2, 0.25) is 0 Å². The number of ether oxygens (including phenoxy) is 1. The van der Waals surface area contributed by atoms with E-state index in [0.29, 0.717) is 12.0 Å². The molecule has 2 N–H and O–H groups in total. The molecule has 1 amide bonds. The number of nitrogens with one attached hydrogen (secondary N) is 2. The van der Waals surface area contributed by atoms with Crippen LogP contribution in [0.4, 0.5) is 16.2 Å². The van der Waals surface area contributed by atoms with E-state index in [1.807, 2.05) is 45.0 Å². The number of benzene rings is 1. The molecule has 1 aromatic rings. The predicted molar refractivity (Wildman–Crippen MR) is 95.9 cm³/mol. The van der Waals surface area contributed by atoms with Crippen molar-refractivity contribution in [2.45, 2.75) is 65.5 Å². The van der Waals surface area contributed by atoms with Crippen molar-refractivity contribution in [1.82, 2.24) is 0 Å². The quantitative estimate of drug-likeness (QED) is 0.798. The first-order chi connectivity index (χ1) is 10.8. The van der Waals surface area contributed by atoms with Crippen molar-refractivity contribution >= 4 is 17.5 Å². The first-order valence-electron chi connectivity index (χ1n) is 8.62. The van der Waals surface area contributed by atoms with E-state index < -0.39 is 11.7 Å². The molecule has 1 aliphatic rings. The lowest BCUT2D eigenvalue weighted by atomic mass is 9.78. The van der Waals surface area contributed by atoms with Crippen LogP contribution in [0.25, 0.3) is 0 Å². The number of carbonyl (C=O) groups excluding carboxylic acids is 1. The molecule has 128 valence electrons. The minimum atomic E-state index is -0.500. The largest absolute Gasteiger partial charge is 0.444 e. The second-order valence-electron chi connectivity index (χ2n) is 7.69. The molecule has 4 nitrogen and oxygen atoms in total. The summed E-state index contributed by atoms with van der Waals surface area (Å²) in [6.45, 7) is 10.2. The Balaban J connectivity index is 2.07. The van der Waals surface area contributed by atoms with Crippen LogP contribution in [0.1, 0.15) is 53.9 Å². The Labute approximate surface area is 140 Å². The molecule has 1 aromatic carbocycles. The number of anilines is 2. The summed E-state index contributed by atoms with van der Waals surface area (Å²) in [6.07, 6.45) is 3.31. The number of carbonyl (C=O) groups is 1. The Morgan fingerprint density at radius 3 is 2.43 bits per heavy atom. The molecule has 1 aliphatic carbocycles. The van der Waals surface area contributed by atoms with E-state index in [2.05, 4.69) is 24.5 Å². The van der Waals surface area contributed by atoms with Gasteiger partial charge in [0, 0.05) is 6.04 Å². The molecule has 0 aliphatic heterocycles. The zero-order chi connectivity index (χ0) is 17.0. The molecule has 3 unspecified atom stereocenters. The topological polar surface area (TPSA) is 50.4 Å². The van der Waals surface area contributed by atoms with Gasteiger partial charge in [-0.15, -0.1) is 0 Å². The fraction of sp³-hybridized carbons (Fsp3) is 0.632. The molecule has 1 fully saturated rings. The maximum absolute atomic E-state index is 12.0. The van der Waals surface area contributed by atoms with Gasteiger partial charge in [0.1, 0.15) is 5.60 Å². The Bertz CT molecular complexity index is 536. The second-order valence-corrected chi connectivity index (χ2v) is 7.69. The Morgan fingerprint density at radius 2 is 1.78 bits per heavy atom. The summed E-state index contributed by atoms with van der Waals surface area (Å²) in [6, 6.07) is 8.27. The smallest absolute Gasteiger partial charge is 0.412 e. The van der Waals surface area contributed by atoms with Crippen molar-refractivity contribution < 1.29 is 9.53 Å². The van der Waals surface area contributed by atoms with Gasteiger partial charge in [-0.05, 0) is 51.2 Å². The van der Waals surface area contributed by atoms with E-state index in [-0.39, 0.29) is 0 Å². The third kappa shape index (κ3) is 5.15. The number of para-hydroxylation sites is 2. The molecule has 2 rings (SSSR count). The van der Waals surface area contributed by atoms with Crippen molar-refractivity contribution in [2.24, 2.45) is 11.8 Å². The van der Waals surface area contributed by atoms with Gasteiger partial charge >= 0.3 is 6.09 Å². The monoisotopic (exact) mass is 318 g/mol. The van der Waals surface area contributed by atoms with Gasteiger partial charge in [-0.3, -0.25) is 5.32 Å². The summed E-state index contributed by atoms with van der Waals surface area (Å²) in [5.74, 6) is 1.35. The highest BCUT2D eigenvalue weighted by molar-refractivity contribution is 5.89. The number of hydrogen-bond acceptors (Lipinski definition) is 3.